The maximum Gasteiger partial charge on any atom is 0.344 e. The second kappa shape index (κ2) is 9.09. The lowest BCUT2D eigenvalue weighted by Gasteiger charge is -2.28. The van der Waals surface area contributed by atoms with Crippen molar-refractivity contribution in [1.82, 2.24) is 0 Å². The van der Waals surface area contributed by atoms with Crippen LogP contribution >= 0.6 is 0 Å². The Balaban J connectivity index is 1.61. The molecule has 1 aliphatic heterocycles. The fraction of sp³-hybridized carbons (Fsp3) is 0.333. The second-order valence-electron chi connectivity index (χ2n) is 6.87. The minimum Gasteiger partial charge on any atom is -0.482 e. The van der Waals surface area contributed by atoms with Gasteiger partial charge < -0.3 is 14.4 Å². The predicted octanol–water partition coefficient (Wildman–Crippen LogP) is 2.14. The molecular weight excluding hydrogens is 394 g/mol. The van der Waals surface area contributed by atoms with Crippen molar-refractivity contribution in [2.45, 2.75) is 19.4 Å². The Hall–Kier alpha value is -2.87. The summed E-state index contributed by atoms with van der Waals surface area (Å²) in [4.78, 5) is 26.2. The number of hydrogen-bond donors (Lipinski definition) is 0. The van der Waals surface area contributed by atoms with Crippen LogP contribution in [0.5, 0.6) is 5.75 Å². The van der Waals surface area contributed by atoms with Gasteiger partial charge in [-0.25, -0.2) is 13.2 Å². The summed E-state index contributed by atoms with van der Waals surface area (Å²) in [6, 6.07) is 15.6. The molecule has 0 unspecified atom stereocenters. The van der Waals surface area contributed by atoms with Crippen LogP contribution in [-0.4, -0.2) is 51.1 Å². The van der Waals surface area contributed by atoms with Crippen molar-refractivity contribution in [1.29, 1.82) is 0 Å². The van der Waals surface area contributed by atoms with E-state index in [1.54, 1.807) is 42.5 Å². The van der Waals surface area contributed by atoms with Gasteiger partial charge in [0, 0.05) is 5.69 Å². The van der Waals surface area contributed by atoms with E-state index in [2.05, 4.69) is 0 Å². The largest absolute Gasteiger partial charge is 0.482 e. The Morgan fingerprint density at radius 1 is 1.03 bits per heavy atom. The first-order valence-corrected chi connectivity index (χ1v) is 11.1. The third kappa shape index (κ3) is 5.57. The Morgan fingerprint density at radius 3 is 2.38 bits per heavy atom. The first kappa shape index (κ1) is 20.9. The van der Waals surface area contributed by atoms with E-state index >= 15 is 0 Å². The molecule has 0 radical (unpaired) electrons. The van der Waals surface area contributed by atoms with Gasteiger partial charge in [-0.1, -0.05) is 36.4 Å². The van der Waals surface area contributed by atoms with Gasteiger partial charge in [-0.15, -0.1) is 0 Å². The molecule has 1 atom stereocenters. The van der Waals surface area contributed by atoms with Gasteiger partial charge in [0.25, 0.3) is 5.91 Å². The first-order chi connectivity index (χ1) is 13.9. The zero-order chi connectivity index (χ0) is 20.9. The van der Waals surface area contributed by atoms with Crippen molar-refractivity contribution >= 4 is 27.4 Å². The number of nitrogens with zero attached hydrogens (tertiary/aromatic N) is 1. The molecule has 1 saturated heterocycles. The lowest BCUT2D eigenvalue weighted by molar-refractivity contribution is -0.149. The average Bonchev–Trinajstić information content (AvgIpc) is 3.06. The maximum atomic E-state index is 12.8. The predicted molar refractivity (Wildman–Crippen MR) is 109 cm³/mol. The van der Waals surface area contributed by atoms with E-state index in [1.165, 1.54) is 4.90 Å². The van der Waals surface area contributed by atoms with Crippen LogP contribution in [0.4, 0.5) is 5.69 Å². The van der Waals surface area contributed by atoms with Crippen LogP contribution in [0.25, 0.3) is 0 Å². The molecule has 1 amide bonds. The Morgan fingerprint density at radius 2 is 1.72 bits per heavy atom. The Bertz CT molecular complexity index is 974. The molecule has 2 aromatic carbocycles. The maximum absolute atomic E-state index is 12.8. The molecule has 1 aliphatic rings. The SMILES string of the molecule is Cc1ccccc1OCC(=O)OCC(=O)N(c1ccccc1)[C@@H]1CCS(=O)(=O)C1. The third-order valence-corrected chi connectivity index (χ3v) is 6.42. The highest BCUT2D eigenvalue weighted by Crippen LogP contribution is 2.24. The summed E-state index contributed by atoms with van der Waals surface area (Å²) in [5, 5.41) is 0. The van der Waals surface area contributed by atoms with E-state index in [1.807, 2.05) is 19.1 Å². The monoisotopic (exact) mass is 417 g/mol. The first-order valence-electron chi connectivity index (χ1n) is 9.27. The minimum absolute atomic E-state index is 0.0400. The molecule has 154 valence electrons. The van der Waals surface area contributed by atoms with Gasteiger partial charge in [-0.05, 0) is 37.1 Å². The fourth-order valence-electron chi connectivity index (χ4n) is 3.23. The van der Waals surface area contributed by atoms with Crippen LogP contribution in [-0.2, 0) is 24.2 Å². The molecule has 0 N–H and O–H groups in total. The topological polar surface area (TPSA) is 90.0 Å². The zero-order valence-corrected chi connectivity index (χ0v) is 16.9. The van der Waals surface area contributed by atoms with E-state index in [4.69, 9.17) is 9.47 Å². The normalized spacial score (nSPS) is 17.5. The van der Waals surface area contributed by atoms with E-state index in [9.17, 15) is 18.0 Å². The number of carbonyl (C=O) groups excluding carboxylic acids is 2. The summed E-state index contributed by atoms with van der Waals surface area (Å²) in [6.45, 7) is 1.06. The third-order valence-electron chi connectivity index (χ3n) is 4.67. The van der Waals surface area contributed by atoms with Crippen LogP contribution in [0.15, 0.2) is 54.6 Å². The lowest BCUT2D eigenvalue weighted by Crippen LogP contribution is -2.43. The summed E-state index contributed by atoms with van der Waals surface area (Å²) >= 11 is 0. The van der Waals surface area contributed by atoms with Crippen molar-refractivity contribution < 1.29 is 27.5 Å². The van der Waals surface area contributed by atoms with Gasteiger partial charge >= 0.3 is 5.97 Å². The van der Waals surface area contributed by atoms with Crippen LogP contribution in [0.1, 0.15) is 12.0 Å². The number of rotatable bonds is 7. The number of ether oxygens (including phenoxy) is 2. The van der Waals surface area contributed by atoms with Gasteiger partial charge in [0.05, 0.1) is 17.5 Å². The summed E-state index contributed by atoms with van der Waals surface area (Å²) in [5.41, 5.74) is 1.46. The molecule has 29 heavy (non-hydrogen) atoms. The number of hydrogen-bond acceptors (Lipinski definition) is 6. The number of anilines is 1. The standard InChI is InChI=1S/C21H23NO6S/c1-16-7-5-6-10-19(16)27-14-21(24)28-13-20(23)22(17-8-3-2-4-9-17)18-11-12-29(25,26)15-18/h2-10,18H,11-15H2,1H3/t18-/m1/s1. The summed E-state index contributed by atoms with van der Waals surface area (Å²) < 4.78 is 34.2. The number of aryl methyl sites for hydroxylation is 1. The Kier molecular flexibility index (Phi) is 6.53. The van der Waals surface area contributed by atoms with Gasteiger partial charge in [-0.2, -0.15) is 0 Å². The highest BCUT2D eigenvalue weighted by Gasteiger charge is 2.35. The summed E-state index contributed by atoms with van der Waals surface area (Å²) in [6.07, 6.45) is 0.354. The van der Waals surface area contributed by atoms with E-state index in [0.717, 1.165) is 5.56 Å². The van der Waals surface area contributed by atoms with E-state index in [0.29, 0.717) is 17.9 Å². The van der Waals surface area contributed by atoms with Crippen molar-refractivity contribution in [3.8, 4) is 5.75 Å². The number of sulfone groups is 1. The average molecular weight is 417 g/mol. The molecule has 8 heteroatoms. The molecule has 0 saturated carbocycles. The quantitative estimate of drug-likeness (QED) is 0.641. The van der Waals surface area contributed by atoms with Gasteiger partial charge in [0.2, 0.25) is 0 Å². The lowest BCUT2D eigenvalue weighted by atomic mass is 10.2. The Labute approximate surface area is 170 Å². The number of carbonyl (C=O) groups is 2. The highest BCUT2D eigenvalue weighted by molar-refractivity contribution is 7.91. The molecule has 7 nitrogen and oxygen atoms in total. The van der Waals surface area contributed by atoms with Gasteiger partial charge in [0.15, 0.2) is 23.1 Å². The van der Waals surface area contributed by atoms with Crippen molar-refractivity contribution in [2.24, 2.45) is 0 Å². The second-order valence-corrected chi connectivity index (χ2v) is 9.10. The smallest absolute Gasteiger partial charge is 0.344 e. The molecule has 3 rings (SSSR count). The summed E-state index contributed by atoms with van der Waals surface area (Å²) in [5.74, 6) is -0.634. The molecule has 0 spiro atoms. The minimum atomic E-state index is -3.18. The number of amides is 1. The zero-order valence-electron chi connectivity index (χ0n) is 16.1. The van der Waals surface area contributed by atoms with Crippen molar-refractivity contribution in [3.05, 3.63) is 60.2 Å². The van der Waals surface area contributed by atoms with Crippen LogP contribution in [0.2, 0.25) is 0 Å². The highest BCUT2D eigenvalue weighted by atomic mass is 32.2. The van der Waals surface area contributed by atoms with Gasteiger partial charge in [-0.3, -0.25) is 4.79 Å². The molecule has 0 aliphatic carbocycles. The molecule has 1 fully saturated rings. The van der Waals surface area contributed by atoms with Crippen LogP contribution in [0.3, 0.4) is 0 Å². The molecule has 0 aromatic heterocycles. The van der Waals surface area contributed by atoms with Crippen molar-refractivity contribution in [3.63, 3.8) is 0 Å². The van der Waals surface area contributed by atoms with Crippen molar-refractivity contribution in [2.75, 3.05) is 29.6 Å². The number of benzene rings is 2. The van der Waals surface area contributed by atoms with E-state index in [-0.39, 0.29) is 18.1 Å². The van der Waals surface area contributed by atoms with Crippen LogP contribution in [0, 0.1) is 6.92 Å². The molecule has 1 heterocycles. The molecular formula is C21H23NO6S. The van der Waals surface area contributed by atoms with E-state index < -0.39 is 34.4 Å². The molecule has 0 bridgehead atoms. The number of esters is 1. The summed E-state index contributed by atoms with van der Waals surface area (Å²) in [7, 11) is -3.18. The fourth-order valence-corrected chi connectivity index (χ4v) is 4.93. The molecule has 2 aromatic rings. The van der Waals surface area contributed by atoms with Gasteiger partial charge in [0.1, 0.15) is 5.75 Å². The van der Waals surface area contributed by atoms with Crippen LogP contribution < -0.4 is 9.64 Å². The number of para-hydroxylation sites is 2.